The van der Waals surface area contributed by atoms with E-state index < -0.39 is 11.9 Å². The zero-order valence-corrected chi connectivity index (χ0v) is 11.8. The van der Waals surface area contributed by atoms with Gasteiger partial charge in [-0.3, -0.25) is 0 Å². The van der Waals surface area contributed by atoms with E-state index in [2.05, 4.69) is 24.9 Å². The molecule has 0 fully saturated rings. The van der Waals surface area contributed by atoms with Crippen molar-refractivity contribution in [3.63, 3.8) is 0 Å². The highest BCUT2D eigenvalue weighted by Gasteiger charge is 2.23. The summed E-state index contributed by atoms with van der Waals surface area (Å²) in [5, 5.41) is 31.2. The van der Waals surface area contributed by atoms with Gasteiger partial charge in [0, 0.05) is 18.4 Å². The number of hydrogen-bond acceptors (Lipinski definition) is 10. The molecule has 10 heteroatoms. The summed E-state index contributed by atoms with van der Waals surface area (Å²) in [6.45, 7) is 1.77. The van der Waals surface area contributed by atoms with Gasteiger partial charge in [0.05, 0.1) is 12.3 Å². The number of aliphatic hydroxyl groups excluding tert-OH is 1. The highest BCUT2D eigenvalue weighted by molar-refractivity contribution is 7.13. The van der Waals surface area contributed by atoms with Crippen molar-refractivity contribution in [2.45, 2.75) is 13.3 Å². The minimum absolute atomic E-state index is 0.0141. The van der Waals surface area contributed by atoms with Crippen LogP contribution in [0.3, 0.4) is 0 Å². The van der Waals surface area contributed by atoms with Crippen LogP contribution in [0.25, 0.3) is 0 Å². The molecule has 2 rings (SSSR count). The molecule has 0 aromatic carbocycles. The van der Waals surface area contributed by atoms with E-state index in [0.29, 0.717) is 17.2 Å². The first-order valence-corrected chi connectivity index (χ1v) is 6.86. The Morgan fingerprint density at radius 3 is 3.05 bits per heavy atom. The monoisotopic (exact) mass is 312 g/mol. The molecule has 0 amide bonds. The maximum Gasteiger partial charge on any atom is 0.363 e. The van der Waals surface area contributed by atoms with E-state index >= 15 is 0 Å². The van der Waals surface area contributed by atoms with Crippen molar-refractivity contribution in [3.05, 3.63) is 16.8 Å². The summed E-state index contributed by atoms with van der Waals surface area (Å²) in [6.07, 6.45) is 0.415. The number of aromatic hydroxyl groups is 1. The van der Waals surface area contributed by atoms with Gasteiger partial charge in [0.2, 0.25) is 16.5 Å². The molecule has 0 unspecified atom stereocenters. The third-order valence-electron chi connectivity index (χ3n) is 2.26. The molecule has 0 saturated heterocycles. The van der Waals surface area contributed by atoms with Crippen molar-refractivity contribution in [1.29, 1.82) is 0 Å². The first kappa shape index (κ1) is 15.1. The molecule has 0 spiro atoms. The predicted octanol–water partition coefficient (Wildman–Crippen LogP) is 1.96. The molecule has 0 atom stereocenters. The minimum atomic E-state index is -0.768. The van der Waals surface area contributed by atoms with Crippen molar-refractivity contribution >= 4 is 28.1 Å². The molecule has 2 N–H and O–H groups in total. The van der Waals surface area contributed by atoms with Crippen LogP contribution in [-0.2, 0) is 11.2 Å². The van der Waals surface area contributed by atoms with Gasteiger partial charge in [0.15, 0.2) is 0 Å². The standard InChI is InChI=1S/C11H12N4O5S/c1-2-19-9(17)8-7(10(18)20-15-8)13-14-11-12-6(3-4-16)5-21-11/h5,16,18H,2-4H2,1H3. The van der Waals surface area contributed by atoms with Gasteiger partial charge in [-0.25, -0.2) is 9.78 Å². The van der Waals surface area contributed by atoms with Gasteiger partial charge in [0.25, 0.3) is 0 Å². The minimum Gasteiger partial charge on any atom is -0.478 e. The molecule has 2 heterocycles. The molecule has 21 heavy (non-hydrogen) atoms. The molecular formula is C11H12N4O5S. The Bertz CT molecular complexity index is 651. The number of hydrogen-bond donors (Lipinski definition) is 2. The van der Waals surface area contributed by atoms with Gasteiger partial charge < -0.3 is 19.5 Å². The van der Waals surface area contributed by atoms with Crippen LogP contribution in [0.5, 0.6) is 5.95 Å². The highest BCUT2D eigenvalue weighted by atomic mass is 32.1. The van der Waals surface area contributed by atoms with Gasteiger partial charge in [-0.15, -0.1) is 21.6 Å². The molecule has 0 saturated carbocycles. The van der Waals surface area contributed by atoms with Gasteiger partial charge in [-0.05, 0) is 6.92 Å². The van der Waals surface area contributed by atoms with Gasteiger partial charge in [0.1, 0.15) is 0 Å². The van der Waals surface area contributed by atoms with Crippen molar-refractivity contribution in [2.24, 2.45) is 10.2 Å². The molecule has 0 aliphatic heterocycles. The summed E-state index contributed by atoms with van der Waals surface area (Å²) in [7, 11) is 0. The Morgan fingerprint density at radius 1 is 1.52 bits per heavy atom. The number of rotatable bonds is 6. The van der Waals surface area contributed by atoms with Crippen LogP contribution in [0.2, 0.25) is 0 Å². The average molecular weight is 312 g/mol. The quantitative estimate of drug-likeness (QED) is 0.615. The van der Waals surface area contributed by atoms with Gasteiger partial charge >= 0.3 is 11.9 Å². The predicted molar refractivity (Wildman–Crippen MR) is 71.2 cm³/mol. The van der Waals surface area contributed by atoms with Crippen molar-refractivity contribution in [3.8, 4) is 5.95 Å². The first-order valence-electron chi connectivity index (χ1n) is 5.98. The summed E-state index contributed by atoms with van der Waals surface area (Å²) in [5.41, 5.74) is 0.203. The largest absolute Gasteiger partial charge is 0.478 e. The summed E-state index contributed by atoms with van der Waals surface area (Å²) >= 11 is 1.21. The van der Waals surface area contributed by atoms with E-state index in [1.54, 1.807) is 12.3 Å². The van der Waals surface area contributed by atoms with Crippen LogP contribution < -0.4 is 0 Å². The number of azo groups is 1. The zero-order chi connectivity index (χ0) is 15.2. The lowest BCUT2D eigenvalue weighted by Gasteiger charge is -1.96. The lowest BCUT2D eigenvalue weighted by atomic mass is 10.4. The number of nitrogens with zero attached hydrogens (tertiary/aromatic N) is 4. The molecule has 2 aromatic heterocycles. The Kier molecular flexibility index (Phi) is 4.95. The number of aromatic nitrogens is 2. The molecule has 0 radical (unpaired) electrons. The highest BCUT2D eigenvalue weighted by Crippen LogP contribution is 2.32. The normalized spacial score (nSPS) is 11.1. The summed E-state index contributed by atoms with van der Waals surface area (Å²) < 4.78 is 9.25. The number of thiazole rings is 1. The molecule has 112 valence electrons. The maximum absolute atomic E-state index is 11.6. The SMILES string of the molecule is CCOC(=O)c1noc(O)c1N=Nc1nc(CCO)cs1. The van der Waals surface area contributed by atoms with E-state index in [1.165, 1.54) is 11.3 Å². The summed E-state index contributed by atoms with van der Waals surface area (Å²) in [4.78, 5) is 15.7. The fourth-order valence-corrected chi connectivity index (χ4v) is 2.03. The van der Waals surface area contributed by atoms with Crippen LogP contribution in [0.4, 0.5) is 10.8 Å². The number of aliphatic hydroxyl groups is 1. The molecule has 0 aliphatic carbocycles. The molecule has 0 bridgehead atoms. The van der Waals surface area contributed by atoms with Crippen LogP contribution in [-0.4, -0.2) is 39.5 Å². The number of carbonyl (C=O) groups excluding carboxylic acids is 1. The topological polar surface area (TPSA) is 130 Å². The van der Waals surface area contributed by atoms with E-state index in [9.17, 15) is 9.90 Å². The molecule has 2 aromatic rings. The van der Waals surface area contributed by atoms with Crippen molar-refractivity contribution < 1.29 is 24.3 Å². The van der Waals surface area contributed by atoms with E-state index in [-0.39, 0.29) is 24.6 Å². The Hall–Kier alpha value is -2.33. The van der Waals surface area contributed by atoms with Crippen LogP contribution in [0.1, 0.15) is 23.1 Å². The Labute approximate surface area is 122 Å². The second-order valence-corrected chi connectivity index (χ2v) is 4.54. The van der Waals surface area contributed by atoms with E-state index in [1.807, 2.05) is 0 Å². The van der Waals surface area contributed by atoms with Crippen LogP contribution >= 0.6 is 11.3 Å². The number of esters is 1. The summed E-state index contributed by atoms with van der Waals surface area (Å²) in [6, 6.07) is 0. The van der Waals surface area contributed by atoms with Crippen molar-refractivity contribution in [2.75, 3.05) is 13.2 Å². The fourth-order valence-electron chi connectivity index (χ4n) is 1.36. The van der Waals surface area contributed by atoms with Gasteiger partial charge in [-0.1, -0.05) is 5.16 Å². The third-order valence-corrected chi connectivity index (χ3v) is 3.04. The lowest BCUT2D eigenvalue weighted by Crippen LogP contribution is -2.04. The molecule has 9 nitrogen and oxygen atoms in total. The third kappa shape index (κ3) is 3.61. The lowest BCUT2D eigenvalue weighted by molar-refractivity contribution is 0.0515. The summed E-state index contributed by atoms with van der Waals surface area (Å²) in [5.74, 6) is -1.40. The number of carbonyl (C=O) groups is 1. The number of ether oxygens (including phenoxy) is 1. The van der Waals surface area contributed by atoms with Crippen LogP contribution in [0, 0.1) is 0 Å². The molecule has 0 aliphatic rings. The molecular weight excluding hydrogens is 300 g/mol. The van der Waals surface area contributed by atoms with Crippen molar-refractivity contribution in [1.82, 2.24) is 10.1 Å². The maximum atomic E-state index is 11.6. The first-order chi connectivity index (χ1) is 10.2. The Morgan fingerprint density at radius 2 is 2.33 bits per heavy atom. The second kappa shape index (κ2) is 6.90. The Balaban J connectivity index is 2.19. The van der Waals surface area contributed by atoms with E-state index in [0.717, 1.165) is 0 Å². The average Bonchev–Trinajstić information content (AvgIpc) is 3.04. The fraction of sp³-hybridized carbons (Fsp3) is 0.364. The van der Waals surface area contributed by atoms with E-state index in [4.69, 9.17) is 9.84 Å². The second-order valence-electron chi connectivity index (χ2n) is 3.70. The zero-order valence-electron chi connectivity index (χ0n) is 11.0. The smallest absolute Gasteiger partial charge is 0.363 e. The van der Waals surface area contributed by atoms with Crippen LogP contribution in [0.15, 0.2) is 20.1 Å². The van der Waals surface area contributed by atoms with Gasteiger partial charge in [-0.2, -0.15) is 0 Å².